The molecule has 0 bridgehead atoms. The molecule has 0 aliphatic rings. The number of carbonyl (C=O) groups is 1. The first-order chi connectivity index (χ1) is 11.6. The van der Waals surface area contributed by atoms with Gasteiger partial charge in [-0.2, -0.15) is 0 Å². The van der Waals surface area contributed by atoms with Crippen LogP contribution in [0.5, 0.6) is 0 Å². The molecular weight excluding hydrogens is 369 g/mol. The first-order valence-electron chi connectivity index (χ1n) is 7.37. The molecule has 0 saturated carbocycles. The first kappa shape index (κ1) is 16.3. The van der Waals surface area contributed by atoms with Crippen LogP contribution in [-0.2, 0) is 4.74 Å². The van der Waals surface area contributed by atoms with E-state index in [2.05, 4.69) is 5.10 Å². The van der Waals surface area contributed by atoms with Crippen LogP contribution >= 0.6 is 0 Å². The molecule has 3 rings (SSSR count). The fraction of sp³-hybridized carbons (Fsp3) is 0.111. The number of methoxy groups -OCH3 is 1. The van der Waals surface area contributed by atoms with Gasteiger partial charge in [-0.3, -0.25) is 0 Å². The maximum absolute atomic E-state index is 12.0. The van der Waals surface area contributed by atoms with E-state index in [1.165, 1.54) is 7.11 Å². The standard InChI is InChI=1S/C18H17N3O2Se/c1-12-16(17(19)21(20-12)13-8-4-3-5-9-13)24-15-11-7-6-10-14(15)18(22)23-2/h3-11H,19H2,1-2H3. The predicted molar refractivity (Wildman–Crippen MR) is 95.5 cm³/mol. The topological polar surface area (TPSA) is 70.1 Å². The molecule has 0 aliphatic carbocycles. The Balaban J connectivity index is 2.01. The molecule has 6 heteroatoms. The van der Waals surface area contributed by atoms with E-state index in [9.17, 15) is 4.79 Å². The second-order valence-electron chi connectivity index (χ2n) is 5.14. The molecule has 1 aromatic heterocycles. The summed E-state index contributed by atoms with van der Waals surface area (Å²) in [5.74, 6) is 0.275. The molecular formula is C18H17N3O2Se. The number of benzene rings is 2. The number of hydrogen-bond acceptors (Lipinski definition) is 4. The Morgan fingerprint density at radius 1 is 1.12 bits per heavy atom. The fourth-order valence-electron chi connectivity index (χ4n) is 2.37. The number of nitrogens with two attached hydrogens (primary N) is 1. The summed E-state index contributed by atoms with van der Waals surface area (Å²) >= 11 is -0.147. The molecule has 1 heterocycles. The molecule has 2 N–H and O–H groups in total. The summed E-state index contributed by atoms with van der Waals surface area (Å²) in [5, 5.41) is 4.56. The first-order valence-corrected chi connectivity index (χ1v) is 9.09. The van der Waals surface area contributed by atoms with E-state index in [4.69, 9.17) is 10.5 Å². The number of aryl methyl sites for hydroxylation is 1. The maximum atomic E-state index is 12.0. The van der Waals surface area contributed by atoms with Crippen molar-refractivity contribution in [3.8, 4) is 5.69 Å². The average Bonchev–Trinajstić information content (AvgIpc) is 2.90. The van der Waals surface area contributed by atoms with Crippen LogP contribution in [0.3, 0.4) is 0 Å². The van der Waals surface area contributed by atoms with E-state index in [0.29, 0.717) is 11.4 Å². The van der Waals surface area contributed by atoms with Gasteiger partial charge in [-0.25, -0.2) is 0 Å². The number of nitrogens with zero attached hydrogens (tertiary/aromatic N) is 2. The van der Waals surface area contributed by atoms with Gasteiger partial charge in [0.05, 0.1) is 0 Å². The second kappa shape index (κ2) is 6.91. The predicted octanol–water partition coefficient (Wildman–Crippen LogP) is 1.20. The molecule has 122 valence electrons. The molecule has 0 spiro atoms. The Kier molecular flexibility index (Phi) is 4.69. The van der Waals surface area contributed by atoms with Gasteiger partial charge in [0.15, 0.2) is 0 Å². The van der Waals surface area contributed by atoms with Crippen molar-refractivity contribution in [2.75, 3.05) is 12.8 Å². The van der Waals surface area contributed by atoms with Gasteiger partial charge >= 0.3 is 146 Å². The molecule has 24 heavy (non-hydrogen) atoms. The van der Waals surface area contributed by atoms with Crippen molar-refractivity contribution >= 4 is 35.7 Å². The van der Waals surface area contributed by atoms with Crippen LogP contribution in [0.15, 0.2) is 54.6 Å². The number of aromatic nitrogens is 2. The van der Waals surface area contributed by atoms with Crippen molar-refractivity contribution in [3.63, 3.8) is 0 Å². The number of rotatable bonds is 4. The van der Waals surface area contributed by atoms with Gasteiger partial charge in [-0.05, 0) is 0 Å². The molecule has 0 aliphatic heterocycles. The monoisotopic (exact) mass is 387 g/mol. The zero-order chi connectivity index (χ0) is 17.1. The number of hydrogen-bond donors (Lipinski definition) is 1. The number of carbonyl (C=O) groups excluding carboxylic acids is 1. The van der Waals surface area contributed by atoms with Gasteiger partial charge in [0.25, 0.3) is 0 Å². The fourth-order valence-corrected chi connectivity index (χ4v) is 4.48. The summed E-state index contributed by atoms with van der Waals surface area (Å²) in [6.45, 7) is 1.94. The van der Waals surface area contributed by atoms with Crippen LogP contribution in [0.4, 0.5) is 5.82 Å². The number of nitrogen functional groups attached to an aromatic ring is 1. The number of ether oxygens (including phenoxy) is 1. The quantitative estimate of drug-likeness (QED) is 0.541. The summed E-state index contributed by atoms with van der Waals surface area (Å²) < 4.78 is 8.52. The molecule has 2 aromatic carbocycles. The van der Waals surface area contributed by atoms with E-state index in [-0.39, 0.29) is 20.9 Å². The van der Waals surface area contributed by atoms with Gasteiger partial charge < -0.3 is 0 Å². The van der Waals surface area contributed by atoms with E-state index >= 15 is 0 Å². The van der Waals surface area contributed by atoms with E-state index in [1.807, 2.05) is 55.5 Å². The minimum atomic E-state index is -0.334. The Hall–Kier alpha value is -2.56. The average molecular weight is 386 g/mol. The van der Waals surface area contributed by atoms with Crippen LogP contribution in [0.2, 0.25) is 0 Å². The SMILES string of the molecule is COC(=O)c1ccccc1[Se]c1c(C)nn(-c2ccccc2)c1N. The van der Waals surface area contributed by atoms with Gasteiger partial charge in [-0.15, -0.1) is 0 Å². The number of anilines is 1. The van der Waals surface area contributed by atoms with Gasteiger partial charge in [0.1, 0.15) is 0 Å². The van der Waals surface area contributed by atoms with Crippen molar-refractivity contribution in [2.24, 2.45) is 0 Å². The molecule has 0 radical (unpaired) electrons. The van der Waals surface area contributed by atoms with Crippen molar-refractivity contribution in [2.45, 2.75) is 6.92 Å². The normalized spacial score (nSPS) is 10.6. The summed E-state index contributed by atoms with van der Waals surface area (Å²) in [7, 11) is 1.39. The zero-order valence-electron chi connectivity index (χ0n) is 13.4. The summed E-state index contributed by atoms with van der Waals surface area (Å²) in [4.78, 5) is 12.0. The van der Waals surface area contributed by atoms with Crippen LogP contribution < -0.4 is 14.7 Å². The number of para-hydroxylation sites is 1. The van der Waals surface area contributed by atoms with Crippen molar-refractivity contribution < 1.29 is 9.53 Å². The van der Waals surface area contributed by atoms with Crippen LogP contribution in [0.25, 0.3) is 5.69 Å². The van der Waals surface area contributed by atoms with Crippen LogP contribution in [0, 0.1) is 6.92 Å². The molecule has 0 amide bonds. The van der Waals surface area contributed by atoms with E-state index in [1.54, 1.807) is 10.7 Å². The van der Waals surface area contributed by atoms with Crippen molar-refractivity contribution in [1.82, 2.24) is 9.78 Å². The van der Waals surface area contributed by atoms with E-state index < -0.39 is 0 Å². The molecule has 0 fully saturated rings. The Morgan fingerprint density at radius 2 is 1.79 bits per heavy atom. The summed E-state index contributed by atoms with van der Waals surface area (Å²) in [6, 6.07) is 17.2. The zero-order valence-corrected chi connectivity index (χ0v) is 15.1. The van der Waals surface area contributed by atoms with Gasteiger partial charge in [0, 0.05) is 0 Å². The molecule has 5 nitrogen and oxygen atoms in total. The summed E-state index contributed by atoms with van der Waals surface area (Å²) in [6.07, 6.45) is 0. The van der Waals surface area contributed by atoms with Crippen molar-refractivity contribution in [3.05, 3.63) is 65.9 Å². The van der Waals surface area contributed by atoms with Crippen LogP contribution in [-0.4, -0.2) is 37.8 Å². The molecule has 0 saturated heterocycles. The second-order valence-corrected chi connectivity index (χ2v) is 7.34. The Bertz CT molecular complexity index is 875. The third kappa shape index (κ3) is 3.06. The minimum absolute atomic E-state index is 0.147. The summed E-state index contributed by atoms with van der Waals surface area (Å²) in [5.41, 5.74) is 8.71. The molecule has 0 atom stereocenters. The Labute approximate surface area is 146 Å². The van der Waals surface area contributed by atoms with Gasteiger partial charge in [-0.1, -0.05) is 0 Å². The number of esters is 1. The molecule has 0 unspecified atom stereocenters. The van der Waals surface area contributed by atoms with E-state index in [0.717, 1.165) is 20.3 Å². The third-order valence-corrected chi connectivity index (χ3v) is 6.24. The van der Waals surface area contributed by atoms with Crippen molar-refractivity contribution in [1.29, 1.82) is 0 Å². The Morgan fingerprint density at radius 3 is 2.50 bits per heavy atom. The third-order valence-electron chi connectivity index (χ3n) is 3.54. The van der Waals surface area contributed by atoms with Gasteiger partial charge in [0.2, 0.25) is 0 Å². The molecule has 3 aromatic rings. The van der Waals surface area contributed by atoms with Crippen LogP contribution in [0.1, 0.15) is 16.1 Å².